The lowest BCUT2D eigenvalue weighted by Crippen LogP contribution is -2.38. The lowest BCUT2D eigenvalue weighted by atomic mass is 9.97. The first-order chi connectivity index (χ1) is 17.8. The van der Waals surface area contributed by atoms with Crippen molar-refractivity contribution >= 4 is 21.8 Å². The van der Waals surface area contributed by atoms with Crippen LogP contribution in [0.25, 0.3) is 0 Å². The summed E-state index contributed by atoms with van der Waals surface area (Å²) in [5.41, 5.74) is -0.135. The largest absolute Gasteiger partial charge is 0.394 e. The van der Waals surface area contributed by atoms with Crippen LogP contribution in [0.15, 0.2) is 40.2 Å². The first kappa shape index (κ1) is 31.4. The number of ether oxygens (including phenoxy) is 1. The highest BCUT2D eigenvalue weighted by Gasteiger charge is 2.59. The van der Waals surface area contributed by atoms with Gasteiger partial charge in [0.25, 0.3) is 10.1 Å². The van der Waals surface area contributed by atoms with Crippen molar-refractivity contribution in [3.63, 3.8) is 0 Å². The van der Waals surface area contributed by atoms with Crippen LogP contribution in [0.2, 0.25) is 0 Å². The smallest absolute Gasteiger partial charge is 0.346 e. The van der Waals surface area contributed by atoms with Crippen molar-refractivity contribution < 1.29 is 41.5 Å². The Labute approximate surface area is 219 Å². The molecule has 1 amide bonds. The van der Waals surface area contributed by atoms with E-state index in [0.29, 0.717) is 12.8 Å². The van der Waals surface area contributed by atoms with E-state index < -0.39 is 52.6 Å². The molecule has 2 aromatic rings. The van der Waals surface area contributed by atoms with Crippen LogP contribution in [0.1, 0.15) is 56.8 Å². The van der Waals surface area contributed by atoms with E-state index in [9.17, 15) is 31.9 Å². The molecule has 0 aliphatic carbocycles. The van der Waals surface area contributed by atoms with Crippen molar-refractivity contribution in [2.45, 2.75) is 75.6 Å². The van der Waals surface area contributed by atoms with Gasteiger partial charge in [-0.05, 0) is 31.9 Å². The summed E-state index contributed by atoms with van der Waals surface area (Å²) in [4.78, 5) is 29.8. The molecule has 5 N–H and O–H groups in total. The Kier molecular flexibility index (Phi) is 11.0. The molecule has 1 fully saturated rings. The highest BCUT2D eigenvalue weighted by atomic mass is 32.2. The number of nitrogens with one attached hydrogen (secondary N) is 2. The van der Waals surface area contributed by atoms with Gasteiger partial charge in [-0.2, -0.15) is 13.4 Å². The number of aryl methyl sites for hydroxylation is 1. The molecule has 1 aliphatic heterocycles. The van der Waals surface area contributed by atoms with Crippen LogP contribution in [0.5, 0.6) is 0 Å². The third kappa shape index (κ3) is 7.86. The molecule has 0 radical (unpaired) electrons. The summed E-state index contributed by atoms with van der Waals surface area (Å²) in [6.45, 7) is 4.89. The van der Waals surface area contributed by atoms with Crippen molar-refractivity contribution in [3.05, 3.63) is 52.1 Å². The Hall–Kier alpha value is -2.78. The highest BCUT2D eigenvalue weighted by Crippen LogP contribution is 2.46. The Balaban J connectivity index is 0.000000384. The number of aromatic amines is 1. The van der Waals surface area contributed by atoms with E-state index in [0.717, 1.165) is 24.6 Å². The minimum Gasteiger partial charge on any atom is -0.394 e. The molecule has 3 rings (SSSR count). The monoisotopic (exact) mass is 561 g/mol. The van der Waals surface area contributed by atoms with E-state index in [1.807, 2.05) is 20.8 Å². The molecule has 2 heterocycles. The van der Waals surface area contributed by atoms with Crippen LogP contribution in [0, 0.1) is 12.8 Å². The molecule has 38 heavy (non-hydrogen) atoms. The Morgan fingerprint density at radius 1 is 1.21 bits per heavy atom. The van der Waals surface area contributed by atoms with Gasteiger partial charge in [0, 0.05) is 17.7 Å². The predicted octanol–water partition coefficient (Wildman–Crippen LogP) is 2.59. The second kappa shape index (κ2) is 13.3. The van der Waals surface area contributed by atoms with Crippen molar-refractivity contribution in [1.82, 2.24) is 9.97 Å². The highest BCUT2D eigenvalue weighted by molar-refractivity contribution is 7.85. The number of alkyl halides is 2. The molecule has 14 heteroatoms. The molecule has 1 saturated heterocycles. The molecule has 0 bridgehead atoms. The summed E-state index contributed by atoms with van der Waals surface area (Å²) in [6.07, 6.45) is -1.96. The number of carbonyl (C=O) groups excluding carboxylic acids is 1. The molecule has 0 spiro atoms. The Morgan fingerprint density at radius 3 is 2.26 bits per heavy atom. The van der Waals surface area contributed by atoms with Gasteiger partial charge in [-0.3, -0.25) is 9.35 Å². The molecule has 1 aromatic carbocycles. The summed E-state index contributed by atoms with van der Waals surface area (Å²) in [5.74, 6) is -4.83. The van der Waals surface area contributed by atoms with Gasteiger partial charge in [-0.25, -0.2) is 13.6 Å². The average Bonchev–Trinajstić information content (AvgIpc) is 3.07. The van der Waals surface area contributed by atoms with Gasteiger partial charge in [0.1, 0.15) is 18.0 Å². The zero-order valence-corrected chi connectivity index (χ0v) is 22.0. The van der Waals surface area contributed by atoms with Crippen LogP contribution in [-0.2, 0) is 19.6 Å². The minimum atomic E-state index is -4.02. The minimum absolute atomic E-state index is 0.0666. The molecule has 1 aromatic heterocycles. The van der Waals surface area contributed by atoms with Crippen molar-refractivity contribution in [3.8, 4) is 0 Å². The predicted molar refractivity (Wildman–Crippen MR) is 133 cm³/mol. The zero-order chi connectivity index (χ0) is 28.7. The lowest BCUT2D eigenvalue weighted by Gasteiger charge is -2.22. The van der Waals surface area contributed by atoms with E-state index in [2.05, 4.69) is 15.3 Å². The third-order valence-corrected chi connectivity index (χ3v) is 6.78. The summed E-state index contributed by atoms with van der Waals surface area (Å²) < 4.78 is 63.5. The number of amides is 1. The first-order valence-electron chi connectivity index (χ1n) is 12.0. The Morgan fingerprint density at radius 2 is 1.79 bits per heavy atom. The molecular formula is C24H33F2N3O8S. The molecule has 1 aliphatic rings. The lowest BCUT2D eigenvalue weighted by molar-refractivity contribution is -0.120. The topological polar surface area (TPSA) is 179 Å². The van der Waals surface area contributed by atoms with E-state index in [1.54, 1.807) is 12.1 Å². The number of halogens is 2. The second-order valence-corrected chi connectivity index (χ2v) is 10.3. The van der Waals surface area contributed by atoms with Gasteiger partial charge in [0.05, 0.1) is 11.5 Å². The molecular weight excluding hydrogens is 528 g/mol. The van der Waals surface area contributed by atoms with E-state index in [1.165, 1.54) is 12.1 Å². The fraction of sp³-hybridized carbons (Fsp3) is 0.542. The normalized spacial score (nSPS) is 20.6. The molecule has 212 valence electrons. The van der Waals surface area contributed by atoms with Gasteiger partial charge in [-0.1, -0.05) is 44.4 Å². The summed E-state index contributed by atoms with van der Waals surface area (Å²) in [7, 11) is -4.02. The first-order valence-corrected chi connectivity index (χ1v) is 13.5. The number of hydrogen-bond acceptors (Lipinski definition) is 8. The third-order valence-electron chi connectivity index (χ3n) is 5.91. The molecule has 3 atom stereocenters. The van der Waals surface area contributed by atoms with Crippen molar-refractivity contribution in [2.24, 2.45) is 5.92 Å². The van der Waals surface area contributed by atoms with Crippen LogP contribution >= 0.6 is 0 Å². The summed E-state index contributed by atoms with van der Waals surface area (Å²) in [5, 5.41) is 21.3. The molecule has 0 unspecified atom stereocenters. The molecule has 11 nitrogen and oxygen atoms in total. The van der Waals surface area contributed by atoms with Gasteiger partial charge in [-0.15, -0.1) is 0 Å². The van der Waals surface area contributed by atoms with Gasteiger partial charge in [0.2, 0.25) is 5.91 Å². The van der Waals surface area contributed by atoms with E-state index >= 15 is 0 Å². The average molecular weight is 562 g/mol. The maximum absolute atomic E-state index is 14.4. The van der Waals surface area contributed by atoms with Crippen LogP contribution in [-0.4, -0.2) is 63.8 Å². The number of rotatable bonds is 9. The number of carbonyl (C=O) groups is 1. The number of nitrogens with zero attached hydrogens (tertiary/aromatic N) is 1. The van der Waals surface area contributed by atoms with Crippen molar-refractivity contribution in [1.29, 1.82) is 0 Å². The van der Waals surface area contributed by atoms with Gasteiger partial charge < -0.3 is 25.3 Å². The molecule has 0 saturated carbocycles. The van der Waals surface area contributed by atoms with Crippen LogP contribution in [0.3, 0.4) is 0 Å². The summed E-state index contributed by atoms with van der Waals surface area (Å²) in [6, 6.07) is 5.99. The van der Waals surface area contributed by atoms with Gasteiger partial charge >= 0.3 is 11.6 Å². The quantitative estimate of drug-likeness (QED) is 0.288. The maximum Gasteiger partial charge on any atom is 0.346 e. The number of aliphatic hydroxyl groups is 2. The zero-order valence-electron chi connectivity index (χ0n) is 21.2. The van der Waals surface area contributed by atoms with Crippen molar-refractivity contribution in [2.75, 3.05) is 11.9 Å². The Bertz CT molecular complexity index is 1230. The maximum atomic E-state index is 14.4. The summed E-state index contributed by atoms with van der Waals surface area (Å²) >= 11 is 0. The van der Waals surface area contributed by atoms with E-state index in [4.69, 9.17) is 14.4 Å². The number of anilines is 1. The SMILES string of the molecule is CCCC(CCC)C(=O)Nc1nc(=O)[nH]cc1[C@@H]1O[C@H](CO)[C@@H](O)C1(F)F.Cc1ccc(S(=O)(=O)O)cc1. The standard InChI is InChI=1S/C17H25F2N3O5.C7H8O3S/c1-3-5-9(6-4-2)15(25)21-14-10(7-20-16(26)22-14)13-17(18,19)12(24)11(8-23)27-13;1-6-2-4-7(5-3-6)11(8,9)10/h7,9,11-13,23-24H,3-6,8H2,1-2H3,(H2,20,21,22,25,26);2-5H,1H3,(H,8,9,10)/t11-,12-,13+;/m1./s1. The number of hydrogen-bond donors (Lipinski definition) is 5. The number of H-pyrrole nitrogens is 1. The van der Waals surface area contributed by atoms with E-state index in [-0.39, 0.29) is 22.2 Å². The van der Waals surface area contributed by atoms with Crippen LogP contribution in [0.4, 0.5) is 14.6 Å². The fourth-order valence-electron chi connectivity index (χ4n) is 3.91. The van der Waals surface area contributed by atoms with Crippen LogP contribution < -0.4 is 11.0 Å². The van der Waals surface area contributed by atoms with Gasteiger partial charge in [0.15, 0.2) is 6.10 Å². The number of aromatic nitrogens is 2. The number of aliphatic hydroxyl groups excluding tert-OH is 2. The number of benzene rings is 1. The fourth-order valence-corrected chi connectivity index (χ4v) is 4.39. The second-order valence-electron chi connectivity index (χ2n) is 8.92.